The summed E-state index contributed by atoms with van der Waals surface area (Å²) in [5, 5.41) is 10.4. The second-order valence-electron chi connectivity index (χ2n) is 7.00. The average Bonchev–Trinajstić information content (AvgIpc) is 3.22. The maximum atomic E-state index is 12.5. The van der Waals surface area contributed by atoms with Gasteiger partial charge in [-0.05, 0) is 29.8 Å². The quantitative estimate of drug-likeness (QED) is 0.433. The van der Waals surface area contributed by atoms with Crippen molar-refractivity contribution in [1.29, 1.82) is 0 Å². The number of hydrogen-bond donors (Lipinski definition) is 2. The van der Waals surface area contributed by atoms with Gasteiger partial charge in [0.05, 0.1) is 12.7 Å². The number of aromatic nitrogens is 5. The molecular formula is C22H16F3N7O2. The lowest BCUT2D eigenvalue weighted by atomic mass is 9.98. The molecule has 0 saturated heterocycles. The van der Waals surface area contributed by atoms with Gasteiger partial charge in [0.15, 0.2) is 5.82 Å². The largest absolute Gasteiger partial charge is 0.496 e. The van der Waals surface area contributed by atoms with Crippen LogP contribution in [0.5, 0.6) is 5.75 Å². The van der Waals surface area contributed by atoms with Crippen molar-refractivity contribution in [1.82, 2.24) is 30.1 Å². The maximum Gasteiger partial charge on any atom is 0.405 e. The number of methoxy groups -OCH3 is 1. The van der Waals surface area contributed by atoms with Crippen LogP contribution >= 0.6 is 0 Å². The van der Waals surface area contributed by atoms with Crippen molar-refractivity contribution < 1.29 is 22.7 Å². The molecule has 3 aromatic heterocycles. The Morgan fingerprint density at radius 3 is 2.65 bits per heavy atom. The molecule has 0 aliphatic carbocycles. The number of pyridine rings is 1. The number of hydrogen-bond acceptors (Lipinski definition) is 7. The van der Waals surface area contributed by atoms with E-state index in [9.17, 15) is 18.0 Å². The van der Waals surface area contributed by atoms with E-state index in [0.29, 0.717) is 33.6 Å². The van der Waals surface area contributed by atoms with Gasteiger partial charge in [0.1, 0.15) is 35.5 Å². The highest BCUT2D eigenvalue weighted by molar-refractivity contribution is 6.00. The van der Waals surface area contributed by atoms with Crippen molar-refractivity contribution in [2.24, 2.45) is 0 Å². The van der Waals surface area contributed by atoms with Crippen LogP contribution in [0.1, 0.15) is 16.1 Å². The van der Waals surface area contributed by atoms with Gasteiger partial charge in [-0.3, -0.25) is 4.79 Å². The van der Waals surface area contributed by atoms with Crippen molar-refractivity contribution in [3.8, 4) is 40.5 Å². The number of terminal acetylenes is 1. The minimum Gasteiger partial charge on any atom is -0.496 e. The van der Waals surface area contributed by atoms with Crippen LogP contribution in [0.3, 0.4) is 0 Å². The summed E-state index contributed by atoms with van der Waals surface area (Å²) in [6.07, 6.45) is 3.62. The van der Waals surface area contributed by atoms with Crippen LogP contribution < -0.4 is 15.8 Å². The molecular weight excluding hydrogens is 451 g/mol. The van der Waals surface area contributed by atoms with Crippen molar-refractivity contribution in [3.05, 3.63) is 54.1 Å². The van der Waals surface area contributed by atoms with E-state index in [1.165, 1.54) is 30.2 Å². The Bertz CT molecular complexity index is 1420. The van der Waals surface area contributed by atoms with Gasteiger partial charge in [-0.2, -0.15) is 13.2 Å². The zero-order chi connectivity index (χ0) is 24.5. The lowest BCUT2D eigenvalue weighted by Gasteiger charge is -2.13. The number of nitrogen functional groups attached to an aromatic ring is 1. The van der Waals surface area contributed by atoms with E-state index in [2.05, 4.69) is 26.1 Å². The fourth-order valence-corrected chi connectivity index (χ4v) is 3.32. The predicted molar refractivity (Wildman–Crippen MR) is 117 cm³/mol. The topological polar surface area (TPSA) is 120 Å². The maximum absolute atomic E-state index is 12.5. The van der Waals surface area contributed by atoms with Crippen LogP contribution in [-0.2, 0) is 0 Å². The van der Waals surface area contributed by atoms with E-state index in [4.69, 9.17) is 16.9 Å². The first kappa shape index (κ1) is 22.5. The third kappa shape index (κ3) is 4.31. The van der Waals surface area contributed by atoms with E-state index in [1.54, 1.807) is 24.4 Å². The van der Waals surface area contributed by atoms with Gasteiger partial charge in [-0.15, -0.1) is 21.3 Å². The standard InChI is InChI=1S/C22H16F3N7O2/c1-3-14-6-4-13(9-27-14)18-17(19-20(26)29-11-30-32(19)31-18)12-5-7-15(16(8-12)34-2)21(33)28-10-22(23,24)25/h1,4-9,11H,10H2,2H3,(H,28,33)(H2,26,29,30). The van der Waals surface area contributed by atoms with Crippen LogP contribution in [0, 0.1) is 12.3 Å². The molecule has 1 amide bonds. The Labute approximate surface area is 190 Å². The lowest BCUT2D eigenvalue weighted by Crippen LogP contribution is -2.33. The minimum absolute atomic E-state index is 0.0544. The molecule has 9 nitrogen and oxygen atoms in total. The molecule has 0 radical (unpaired) electrons. The highest BCUT2D eigenvalue weighted by atomic mass is 19.4. The minimum atomic E-state index is -4.55. The fourth-order valence-electron chi connectivity index (χ4n) is 3.32. The van der Waals surface area contributed by atoms with Crippen LogP contribution in [0.2, 0.25) is 0 Å². The summed E-state index contributed by atoms with van der Waals surface area (Å²) in [5.74, 6) is 1.70. The van der Waals surface area contributed by atoms with Gasteiger partial charge in [0.25, 0.3) is 5.91 Å². The zero-order valence-electron chi connectivity index (χ0n) is 17.6. The molecule has 0 aliphatic heterocycles. The van der Waals surface area contributed by atoms with Crippen molar-refractivity contribution in [2.75, 3.05) is 19.4 Å². The number of amides is 1. The number of ether oxygens (including phenoxy) is 1. The molecule has 34 heavy (non-hydrogen) atoms. The molecule has 4 rings (SSSR count). The van der Waals surface area contributed by atoms with Gasteiger partial charge in [0, 0.05) is 17.3 Å². The Hall–Kier alpha value is -4.66. The summed E-state index contributed by atoms with van der Waals surface area (Å²) in [6.45, 7) is -1.47. The van der Waals surface area contributed by atoms with Crippen LogP contribution in [0.25, 0.3) is 27.9 Å². The van der Waals surface area contributed by atoms with Gasteiger partial charge in [-0.25, -0.2) is 9.97 Å². The Balaban J connectivity index is 1.86. The van der Waals surface area contributed by atoms with E-state index < -0.39 is 18.6 Å². The summed E-state index contributed by atoms with van der Waals surface area (Å²) in [4.78, 5) is 20.5. The highest BCUT2D eigenvalue weighted by Gasteiger charge is 2.29. The summed E-state index contributed by atoms with van der Waals surface area (Å²) < 4.78 is 44.1. The van der Waals surface area contributed by atoms with Crippen molar-refractivity contribution in [2.45, 2.75) is 6.18 Å². The number of halogens is 3. The number of nitrogens with zero attached hydrogens (tertiary/aromatic N) is 5. The summed E-state index contributed by atoms with van der Waals surface area (Å²) in [7, 11) is 1.30. The summed E-state index contributed by atoms with van der Waals surface area (Å²) >= 11 is 0. The first-order valence-corrected chi connectivity index (χ1v) is 9.67. The van der Waals surface area contributed by atoms with Crippen molar-refractivity contribution >= 4 is 17.2 Å². The molecule has 12 heteroatoms. The Morgan fingerprint density at radius 2 is 2.00 bits per heavy atom. The normalized spacial score (nSPS) is 11.3. The van der Waals surface area contributed by atoms with E-state index in [0.717, 1.165) is 0 Å². The van der Waals surface area contributed by atoms with E-state index in [1.807, 2.05) is 5.32 Å². The first-order chi connectivity index (χ1) is 16.2. The molecule has 0 atom stereocenters. The number of nitrogens with one attached hydrogen (secondary N) is 1. The van der Waals surface area contributed by atoms with Crippen LogP contribution in [-0.4, -0.2) is 50.5 Å². The molecule has 172 valence electrons. The molecule has 0 saturated carbocycles. The van der Waals surface area contributed by atoms with Gasteiger partial charge < -0.3 is 15.8 Å². The number of benzene rings is 1. The van der Waals surface area contributed by atoms with Crippen LogP contribution in [0.15, 0.2) is 42.9 Å². The number of anilines is 1. The second-order valence-corrected chi connectivity index (χ2v) is 7.00. The van der Waals surface area contributed by atoms with E-state index >= 15 is 0 Å². The smallest absolute Gasteiger partial charge is 0.405 e. The molecule has 0 unspecified atom stereocenters. The summed E-state index contributed by atoms with van der Waals surface area (Å²) in [5.41, 5.74) is 8.92. The molecule has 1 aromatic carbocycles. The fraction of sp³-hybridized carbons (Fsp3) is 0.136. The van der Waals surface area contributed by atoms with Gasteiger partial charge >= 0.3 is 6.18 Å². The highest BCUT2D eigenvalue weighted by Crippen LogP contribution is 2.38. The number of fused-ring (bicyclic) bond motifs is 1. The van der Waals surface area contributed by atoms with Gasteiger partial charge in [0.2, 0.25) is 0 Å². The molecule has 0 fully saturated rings. The first-order valence-electron chi connectivity index (χ1n) is 9.67. The molecule has 0 aliphatic rings. The molecule has 3 heterocycles. The number of alkyl halides is 3. The third-order valence-corrected chi connectivity index (χ3v) is 4.84. The molecule has 4 aromatic rings. The molecule has 0 bridgehead atoms. The number of carbonyl (C=O) groups is 1. The molecule has 0 spiro atoms. The zero-order valence-corrected chi connectivity index (χ0v) is 17.6. The van der Waals surface area contributed by atoms with Crippen LogP contribution in [0.4, 0.5) is 19.0 Å². The lowest BCUT2D eigenvalue weighted by molar-refractivity contribution is -0.123. The number of nitrogens with two attached hydrogens (primary N) is 1. The molecule has 3 N–H and O–H groups in total. The Morgan fingerprint density at radius 1 is 1.24 bits per heavy atom. The van der Waals surface area contributed by atoms with Crippen molar-refractivity contribution in [3.63, 3.8) is 0 Å². The average molecular weight is 467 g/mol. The second kappa shape index (κ2) is 8.70. The van der Waals surface area contributed by atoms with Gasteiger partial charge in [-0.1, -0.05) is 12.0 Å². The monoisotopic (exact) mass is 467 g/mol. The summed E-state index contributed by atoms with van der Waals surface area (Å²) in [6, 6.07) is 7.77. The Kier molecular flexibility index (Phi) is 5.77. The number of rotatable bonds is 5. The SMILES string of the molecule is C#Cc1ccc(-c2nn3ncnc(N)c3c2-c2ccc(C(=O)NCC(F)(F)F)c(OC)c2)cn1. The third-order valence-electron chi connectivity index (χ3n) is 4.84. The number of carbonyl (C=O) groups excluding carboxylic acids is 1. The van der Waals surface area contributed by atoms with E-state index in [-0.39, 0.29) is 17.1 Å². The predicted octanol–water partition coefficient (Wildman–Crippen LogP) is 2.72.